The Morgan fingerprint density at radius 2 is 2.06 bits per heavy atom. The smallest absolute Gasteiger partial charge is 0.191 e. The minimum Gasteiger partial charge on any atom is -0.381 e. The van der Waals surface area contributed by atoms with Gasteiger partial charge in [0.25, 0.3) is 0 Å². The van der Waals surface area contributed by atoms with Crippen LogP contribution in [0.5, 0.6) is 0 Å². The molecule has 2 N–H and O–H groups in total. The lowest BCUT2D eigenvalue weighted by atomic mass is 9.95. The highest BCUT2D eigenvalue weighted by Gasteiger charge is 2.25. The Labute approximate surface area is 211 Å². The van der Waals surface area contributed by atoms with E-state index in [1.165, 1.54) is 11.1 Å². The van der Waals surface area contributed by atoms with Crippen LogP contribution in [0.1, 0.15) is 44.7 Å². The monoisotopic (exact) mass is 558 g/mol. The average molecular weight is 559 g/mol. The normalized spacial score (nSPS) is 20.0. The van der Waals surface area contributed by atoms with Crippen molar-refractivity contribution >= 4 is 29.9 Å². The van der Waals surface area contributed by atoms with Crippen molar-refractivity contribution in [2.45, 2.75) is 52.6 Å². The van der Waals surface area contributed by atoms with Crippen LogP contribution in [-0.4, -0.2) is 69.5 Å². The van der Waals surface area contributed by atoms with Gasteiger partial charge in [0.05, 0.1) is 19.8 Å². The topological polar surface area (TPSA) is 58.1 Å². The zero-order valence-electron chi connectivity index (χ0n) is 20.1. The third-order valence-electron chi connectivity index (χ3n) is 6.31. The minimum absolute atomic E-state index is 0. The second kappa shape index (κ2) is 15.1. The summed E-state index contributed by atoms with van der Waals surface area (Å²) in [4.78, 5) is 7.55. The van der Waals surface area contributed by atoms with Crippen molar-refractivity contribution in [2.75, 3.05) is 52.6 Å². The van der Waals surface area contributed by atoms with Gasteiger partial charge in [0, 0.05) is 51.4 Å². The summed E-state index contributed by atoms with van der Waals surface area (Å²) in [6, 6.07) is 9.30. The van der Waals surface area contributed by atoms with Gasteiger partial charge in [-0.2, -0.15) is 0 Å². The SMILES string of the molecule is CCNC(=NCC(C(C)C)N1CCc2ccccc2C1)NCCCOCC1CCOC1.I. The Kier molecular flexibility index (Phi) is 12.9. The third-order valence-corrected chi connectivity index (χ3v) is 6.31. The number of hydrogen-bond acceptors (Lipinski definition) is 4. The summed E-state index contributed by atoms with van der Waals surface area (Å²) in [6.45, 7) is 14.8. The molecule has 2 heterocycles. The molecule has 0 saturated carbocycles. The van der Waals surface area contributed by atoms with Gasteiger partial charge < -0.3 is 20.1 Å². The standard InChI is InChI=1S/C25H42N4O2.HI/c1-4-26-25(27-12-7-14-30-18-21-11-15-31-19-21)28-16-24(20(2)3)29-13-10-22-8-5-6-9-23(22)17-29;/h5-6,8-9,20-21,24H,4,7,10-19H2,1-3H3,(H2,26,27,28);1H. The maximum atomic E-state index is 5.81. The fraction of sp³-hybridized carbons (Fsp3) is 0.720. The van der Waals surface area contributed by atoms with Crippen molar-refractivity contribution in [3.63, 3.8) is 0 Å². The molecule has 182 valence electrons. The number of aliphatic imine (C=N–C) groups is 1. The largest absolute Gasteiger partial charge is 0.381 e. The highest BCUT2D eigenvalue weighted by Crippen LogP contribution is 2.23. The van der Waals surface area contributed by atoms with E-state index < -0.39 is 0 Å². The van der Waals surface area contributed by atoms with Crippen molar-refractivity contribution in [3.05, 3.63) is 35.4 Å². The van der Waals surface area contributed by atoms with Crippen LogP contribution in [0.25, 0.3) is 0 Å². The number of ether oxygens (including phenoxy) is 2. The molecule has 2 aliphatic rings. The Morgan fingerprint density at radius 1 is 1.25 bits per heavy atom. The molecular weight excluding hydrogens is 515 g/mol. The van der Waals surface area contributed by atoms with Gasteiger partial charge in [-0.25, -0.2) is 0 Å². The number of hydrogen-bond donors (Lipinski definition) is 2. The number of fused-ring (bicyclic) bond motifs is 1. The van der Waals surface area contributed by atoms with Crippen LogP contribution in [0, 0.1) is 11.8 Å². The molecule has 1 saturated heterocycles. The molecule has 1 aromatic carbocycles. The average Bonchev–Trinajstić information content (AvgIpc) is 3.29. The number of halogens is 1. The van der Waals surface area contributed by atoms with Crippen molar-refractivity contribution in [2.24, 2.45) is 16.8 Å². The maximum absolute atomic E-state index is 5.81. The summed E-state index contributed by atoms with van der Waals surface area (Å²) in [5, 5.41) is 6.87. The van der Waals surface area contributed by atoms with Crippen LogP contribution >= 0.6 is 24.0 Å². The second-order valence-electron chi connectivity index (χ2n) is 9.11. The van der Waals surface area contributed by atoms with E-state index in [9.17, 15) is 0 Å². The minimum atomic E-state index is 0. The van der Waals surface area contributed by atoms with E-state index in [0.29, 0.717) is 17.9 Å². The van der Waals surface area contributed by atoms with Crippen LogP contribution in [0.15, 0.2) is 29.3 Å². The Hall–Kier alpha value is -0.900. The van der Waals surface area contributed by atoms with Gasteiger partial charge >= 0.3 is 0 Å². The van der Waals surface area contributed by atoms with Gasteiger partial charge in [-0.15, -0.1) is 24.0 Å². The molecule has 0 amide bonds. The van der Waals surface area contributed by atoms with E-state index in [2.05, 4.69) is 60.6 Å². The Balaban J connectivity index is 0.00000363. The highest BCUT2D eigenvalue weighted by molar-refractivity contribution is 14.0. The van der Waals surface area contributed by atoms with Gasteiger partial charge in [-0.05, 0) is 43.2 Å². The predicted molar refractivity (Wildman–Crippen MR) is 143 cm³/mol. The Morgan fingerprint density at radius 3 is 2.78 bits per heavy atom. The molecule has 1 fully saturated rings. The van der Waals surface area contributed by atoms with Crippen LogP contribution in [0.3, 0.4) is 0 Å². The Bertz CT molecular complexity index is 680. The van der Waals surface area contributed by atoms with E-state index in [1.54, 1.807) is 0 Å². The van der Waals surface area contributed by atoms with Crippen LogP contribution in [-0.2, 0) is 22.4 Å². The van der Waals surface area contributed by atoms with Crippen molar-refractivity contribution in [3.8, 4) is 0 Å². The lowest BCUT2D eigenvalue weighted by Gasteiger charge is -2.37. The van der Waals surface area contributed by atoms with E-state index >= 15 is 0 Å². The van der Waals surface area contributed by atoms with Gasteiger partial charge in [0.15, 0.2) is 5.96 Å². The number of nitrogens with one attached hydrogen (secondary N) is 2. The molecule has 7 heteroatoms. The lowest BCUT2D eigenvalue weighted by Crippen LogP contribution is -2.45. The summed E-state index contributed by atoms with van der Waals surface area (Å²) in [6.07, 6.45) is 3.25. The quantitative estimate of drug-likeness (QED) is 0.188. The zero-order chi connectivity index (χ0) is 21.9. The molecule has 32 heavy (non-hydrogen) atoms. The molecule has 3 rings (SSSR count). The number of benzene rings is 1. The summed E-state index contributed by atoms with van der Waals surface area (Å²) in [5.41, 5.74) is 2.97. The van der Waals surface area contributed by atoms with Gasteiger partial charge in [-0.3, -0.25) is 9.89 Å². The summed E-state index contributed by atoms with van der Waals surface area (Å²) in [5.74, 6) is 2.06. The number of rotatable bonds is 11. The molecule has 1 aromatic rings. The van der Waals surface area contributed by atoms with E-state index in [4.69, 9.17) is 14.5 Å². The van der Waals surface area contributed by atoms with Gasteiger partial charge in [0.1, 0.15) is 0 Å². The summed E-state index contributed by atoms with van der Waals surface area (Å²) >= 11 is 0. The molecule has 0 radical (unpaired) electrons. The molecule has 2 aliphatic heterocycles. The van der Waals surface area contributed by atoms with Crippen molar-refractivity contribution in [1.29, 1.82) is 0 Å². The molecular formula is C25H43IN4O2. The predicted octanol–water partition coefficient (Wildman–Crippen LogP) is 3.69. The van der Waals surface area contributed by atoms with Crippen LogP contribution in [0.2, 0.25) is 0 Å². The van der Waals surface area contributed by atoms with Crippen LogP contribution < -0.4 is 10.6 Å². The van der Waals surface area contributed by atoms with Crippen LogP contribution in [0.4, 0.5) is 0 Å². The van der Waals surface area contributed by atoms with Gasteiger partial charge in [-0.1, -0.05) is 38.1 Å². The first-order chi connectivity index (χ1) is 15.2. The molecule has 6 nitrogen and oxygen atoms in total. The van der Waals surface area contributed by atoms with E-state index in [0.717, 1.165) is 84.4 Å². The third kappa shape index (κ3) is 8.80. The molecule has 2 atom stereocenters. The second-order valence-corrected chi connectivity index (χ2v) is 9.11. The lowest BCUT2D eigenvalue weighted by molar-refractivity contribution is 0.0888. The van der Waals surface area contributed by atoms with E-state index in [1.807, 2.05) is 0 Å². The highest BCUT2D eigenvalue weighted by atomic mass is 127. The summed E-state index contributed by atoms with van der Waals surface area (Å²) in [7, 11) is 0. The van der Waals surface area contributed by atoms with Gasteiger partial charge in [0.2, 0.25) is 0 Å². The molecule has 2 unspecified atom stereocenters. The van der Waals surface area contributed by atoms with Crippen molar-refractivity contribution < 1.29 is 9.47 Å². The molecule has 0 bridgehead atoms. The summed E-state index contributed by atoms with van der Waals surface area (Å²) < 4.78 is 11.2. The van der Waals surface area contributed by atoms with Crippen molar-refractivity contribution in [1.82, 2.24) is 15.5 Å². The fourth-order valence-corrected chi connectivity index (χ4v) is 4.42. The number of nitrogens with zero attached hydrogens (tertiary/aromatic N) is 2. The molecule has 0 spiro atoms. The maximum Gasteiger partial charge on any atom is 0.191 e. The first-order valence-corrected chi connectivity index (χ1v) is 12.2. The first-order valence-electron chi connectivity index (χ1n) is 12.2. The van der Waals surface area contributed by atoms with E-state index in [-0.39, 0.29) is 24.0 Å². The molecule has 0 aliphatic carbocycles. The zero-order valence-corrected chi connectivity index (χ0v) is 22.5. The first kappa shape index (κ1) is 27.3. The molecule has 0 aromatic heterocycles. The fourth-order valence-electron chi connectivity index (χ4n) is 4.42. The number of guanidine groups is 1.